The van der Waals surface area contributed by atoms with Crippen LogP contribution in [0.4, 0.5) is 4.79 Å². The summed E-state index contributed by atoms with van der Waals surface area (Å²) in [6, 6.07) is 0.309. The molecular formula is C20H36N6O4. The molecule has 0 radical (unpaired) electrons. The van der Waals surface area contributed by atoms with Crippen molar-refractivity contribution in [2.75, 3.05) is 60.0 Å². The number of cyclic esters (lactones) is 1. The van der Waals surface area contributed by atoms with E-state index < -0.39 is 0 Å². The maximum Gasteiger partial charge on any atom is 0.411 e. The fraction of sp³-hybridized carbons (Fsp3) is 0.850. The molecule has 1 unspecified atom stereocenters. The van der Waals surface area contributed by atoms with Crippen molar-refractivity contribution in [3.05, 3.63) is 0 Å². The van der Waals surface area contributed by atoms with Crippen LogP contribution in [0.15, 0.2) is 0 Å². The zero-order chi connectivity index (χ0) is 21.7. The zero-order valence-corrected chi connectivity index (χ0v) is 18.2. The summed E-state index contributed by atoms with van der Waals surface area (Å²) in [5.74, 6) is 0.620. The summed E-state index contributed by atoms with van der Waals surface area (Å²) >= 11 is 0. The van der Waals surface area contributed by atoms with Gasteiger partial charge in [-0.2, -0.15) is 0 Å². The molecule has 30 heavy (non-hydrogen) atoms. The molecule has 2 atom stereocenters. The number of carbonyl (C=O) groups excluding carboxylic acids is 2. The van der Waals surface area contributed by atoms with E-state index in [2.05, 4.69) is 9.80 Å². The highest BCUT2D eigenvalue weighted by atomic mass is 16.6. The molecule has 10 nitrogen and oxygen atoms in total. The Bertz CT molecular complexity index is 624. The Morgan fingerprint density at radius 1 is 1.23 bits per heavy atom. The molecule has 3 heterocycles. The van der Waals surface area contributed by atoms with Crippen molar-refractivity contribution in [3.8, 4) is 0 Å². The summed E-state index contributed by atoms with van der Waals surface area (Å²) in [6.45, 7) is 5.40. The van der Waals surface area contributed by atoms with Crippen LogP contribution in [-0.2, 0) is 14.3 Å². The molecule has 0 aromatic rings. The third kappa shape index (κ3) is 5.54. The zero-order valence-electron chi connectivity index (χ0n) is 18.2. The van der Waals surface area contributed by atoms with Crippen molar-refractivity contribution >= 4 is 18.0 Å². The Morgan fingerprint density at radius 2 is 1.97 bits per heavy atom. The van der Waals surface area contributed by atoms with E-state index in [-0.39, 0.29) is 24.2 Å². The quantitative estimate of drug-likeness (QED) is 0.341. The molecule has 0 spiro atoms. The molecule has 1 amide bonds. The Morgan fingerprint density at radius 3 is 2.57 bits per heavy atom. The average molecular weight is 425 g/mol. The van der Waals surface area contributed by atoms with Crippen LogP contribution in [0.3, 0.4) is 0 Å². The van der Waals surface area contributed by atoms with Gasteiger partial charge in [0.25, 0.3) is 0 Å². The minimum absolute atomic E-state index is 0.0233. The summed E-state index contributed by atoms with van der Waals surface area (Å²) < 4.78 is 10.0. The summed E-state index contributed by atoms with van der Waals surface area (Å²) in [4.78, 5) is 31.8. The molecule has 0 aliphatic carbocycles. The first kappa shape index (κ1) is 22.6. The van der Waals surface area contributed by atoms with Gasteiger partial charge >= 0.3 is 12.1 Å². The number of ether oxygens (including phenoxy) is 2. The number of hydrogen-bond donors (Lipinski definition) is 2. The second-order valence-electron chi connectivity index (χ2n) is 8.58. The number of nitrogens with one attached hydrogen (secondary N) is 1. The number of likely N-dealkylation sites (N-methyl/N-ethyl adjacent to an activating group) is 1. The van der Waals surface area contributed by atoms with Crippen molar-refractivity contribution in [3.63, 3.8) is 0 Å². The molecule has 0 aromatic heterocycles. The molecular weight excluding hydrogens is 388 g/mol. The number of piperazine rings is 1. The van der Waals surface area contributed by atoms with Gasteiger partial charge in [-0.05, 0) is 31.6 Å². The lowest BCUT2D eigenvalue weighted by Crippen LogP contribution is -2.60. The molecule has 10 heteroatoms. The Balaban J connectivity index is 1.57. The minimum atomic E-state index is -0.261. The van der Waals surface area contributed by atoms with Gasteiger partial charge < -0.3 is 20.1 Å². The number of likely N-dealkylation sites (tertiary alicyclic amines) is 1. The third-order valence-corrected chi connectivity index (χ3v) is 6.81. The molecule has 3 N–H and O–H groups in total. The number of nitrogens with two attached hydrogens (primary N) is 1. The fourth-order valence-corrected chi connectivity index (χ4v) is 4.83. The molecule has 3 aliphatic heterocycles. The molecule has 0 saturated carbocycles. The first-order valence-electron chi connectivity index (χ1n) is 10.9. The molecule has 0 bridgehead atoms. The van der Waals surface area contributed by atoms with Crippen LogP contribution in [0.5, 0.6) is 0 Å². The van der Waals surface area contributed by atoms with Crippen molar-refractivity contribution in [1.82, 2.24) is 19.6 Å². The van der Waals surface area contributed by atoms with Crippen molar-refractivity contribution in [1.29, 1.82) is 5.41 Å². The first-order valence-corrected chi connectivity index (χ1v) is 10.9. The van der Waals surface area contributed by atoms with Gasteiger partial charge in [0.2, 0.25) is 0 Å². The lowest BCUT2D eigenvalue weighted by molar-refractivity contribution is -0.141. The topological polar surface area (TPSA) is 115 Å². The van der Waals surface area contributed by atoms with Gasteiger partial charge in [-0.1, -0.05) is 0 Å². The standard InChI is InChI=1S/C20H36N6O4/c1-23-17(14-30-20(23)28)26-12-11-24(8-7-18(27)29-2)13-16(26)4-3-15-5-9-25(10-6-15)19(21)22/h15-17H,3-14H2,1-2H3,(H3,21,22)/t16-,17?/m0/s1. The van der Waals surface area contributed by atoms with Gasteiger partial charge in [0.1, 0.15) is 12.8 Å². The molecule has 3 fully saturated rings. The van der Waals surface area contributed by atoms with Crippen molar-refractivity contribution < 1.29 is 19.1 Å². The second-order valence-corrected chi connectivity index (χ2v) is 8.58. The van der Waals surface area contributed by atoms with Gasteiger partial charge in [0.15, 0.2) is 5.96 Å². The van der Waals surface area contributed by atoms with Crippen LogP contribution in [-0.4, -0.2) is 110 Å². The summed E-state index contributed by atoms with van der Waals surface area (Å²) in [5, 5.41) is 7.59. The highest BCUT2D eigenvalue weighted by molar-refractivity contribution is 5.74. The van der Waals surface area contributed by atoms with E-state index in [0.717, 1.165) is 58.4 Å². The van der Waals surface area contributed by atoms with Crippen LogP contribution < -0.4 is 5.73 Å². The third-order valence-electron chi connectivity index (χ3n) is 6.81. The number of methoxy groups -OCH3 is 1. The SMILES string of the molecule is COC(=O)CCN1CCN(C2COC(=O)N2C)[C@@H](CCC2CCN(C(=N)N)CC2)C1. The van der Waals surface area contributed by atoms with Crippen LogP contribution in [0, 0.1) is 11.3 Å². The number of nitrogens with zero attached hydrogens (tertiary/aromatic N) is 4. The highest BCUT2D eigenvalue weighted by Crippen LogP contribution is 2.27. The Hall–Kier alpha value is -2.07. The van der Waals surface area contributed by atoms with Gasteiger partial charge in [0, 0.05) is 52.4 Å². The lowest BCUT2D eigenvalue weighted by atomic mass is 9.89. The van der Waals surface area contributed by atoms with Crippen LogP contribution >= 0.6 is 0 Å². The molecule has 3 saturated heterocycles. The number of esters is 1. The smallest absolute Gasteiger partial charge is 0.411 e. The second kappa shape index (κ2) is 10.3. The van der Waals surface area contributed by atoms with E-state index in [1.54, 1.807) is 11.9 Å². The van der Waals surface area contributed by atoms with Gasteiger partial charge in [-0.3, -0.25) is 24.9 Å². The van der Waals surface area contributed by atoms with E-state index in [1.165, 1.54) is 7.11 Å². The van der Waals surface area contributed by atoms with Crippen molar-refractivity contribution in [2.24, 2.45) is 11.7 Å². The van der Waals surface area contributed by atoms with E-state index in [1.807, 2.05) is 4.90 Å². The van der Waals surface area contributed by atoms with E-state index in [9.17, 15) is 9.59 Å². The monoisotopic (exact) mass is 424 g/mol. The van der Waals surface area contributed by atoms with Crippen LogP contribution in [0.2, 0.25) is 0 Å². The molecule has 3 aliphatic rings. The van der Waals surface area contributed by atoms with Crippen molar-refractivity contribution in [2.45, 2.75) is 44.3 Å². The van der Waals surface area contributed by atoms with Gasteiger partial charge in [-0.25, -0.2) is 4.79 Å². The predicted octanol–water partition coefficient (Wildman–Crippen LogP) is 0.329. The number of amides is 1. The Labute approximate surface area is 178 Å². The molecule has 3 rings (SSSR count). The largest absolute Gasteiger partial charge is 0.469 e. The normalized spacial score (nSPS) is 26.7. The summed E-state index contributed by atoms with van der Waals surface area (Å²) in [6.07, 6.45) is 4.39. The maximum atomic E-state index is 11.9. The fourth-order valence-electron chi connectivity index (χ4n) is 4.83. The van der Waals surface area contributed by atoms with Gasteiger partial charge in [-0.15, -0.1) is 0 Å². The van der Waals surface area contributed by atoms with E-state index in [0.29, 0.717) is 31.5 Å². The van der Waals surface area contributed by atoms with Crippen LogP contribution in [0.25, 0.3) is 0 Å². The number of carbonyl (C=O) groups is 2. The number of piperidine rings is 1. The highest BCUT2D eigenvalue weighted by Gasteiger charge is 2.40. The molecule has 170 valence electrons. The number of hydrogen-bond acceptors (Lipinski definition) is 7. The number of guanidine groups is 1. The van der Waals surface area contributed by atoms with E-state index >= 15 is 0 Å². The Kier molecular flexibility index (Phi) is 7.76. The summed E-state index contributed by atoms with van der Waals surface area (Å²) in [5.41, 5.74) is 5.61. The number of rotatable bonds is 7. The molecule has 0 aromatic carbocycles. The summed E-state index contributed by atoms with van der Waals surface area (Å²) in [7, 11) is 3.23. The van der Waals surface area contributed by atoms with E-state index in [4.69, 9.17) is 20.6 Å². The van der Waals surface area contributed by atoms with Gasteiger partial charge in [0.05, 0.1) is 13.5 Å². The predicted molar refractivity (Wildman–Crippen MR) is 112 cm³/mol. The van der Waals surface area contributed by atoms with Crippen LogP contribution in [0.1, 0.15) is 32.1 Å². The maximum absolute atomic E-state index is 11.9. The average Bonchev–Trinajstić information content (AvgIpc) is 3.09. The minimum Gasteiger partial charge on any atom is -0.469 e. The lowest BCUT2D eigenvalue weighted by Gasteiger charge is -2.45. The first-order chi connectivity index (χ1) is 14.4.